The molecule has 0 aromatic heterocycles. The van der Waals surface area contributed by atoms with Crippen LogP contribution in [0.15, 0.2) is 46.2 Å². The van der Waals surface area contributed by atoms with Gasteiger partial charge < -0.3 is 15.0 Å². The van der Waals surface area contributed by atoms with Gasteiger partial charge in [0.1, 0.15) is 23.3 Å². The van der Waals surface area contributed by atoms with E-state index in [1.165, 1.54) is 30.8 Å². The van der Waals surface area contributed by atoms with Crippen LogP contribution in [0.4, 0.5) is 14.5 Å². The SMILES string of the molecule is CN(C)CC[C@H](CSc1ccc(F)cc1)Nc1c(F)cc(S(=O)(=O)NC(=O)[C@]2(C)CCCCO2)cc1C#N. The Morgan fingerprint density at radius 1 is 1.24 bits per heavy atom. The average molecular weight is 567 g/mol. The Balaban J connectivity index is 1.81. The Labute approximate surface area is 226 Å². The van der Waals surface area contributed by atoms with Crippen molar-refractivity contribution in [3.63, 3.8) is 0 Å². The van der Waals surface area contributed by atoms with Crippen LogP contribution in [0.3, 0.4) is 0 Å². The zero-order valence-electron chi connectivity index (χ0n) is 21.6. The number of nitrogens with zero attached hydrogens (tertiary/aromatic N) is 2. The first-order chi connectivity index (χ1) is 17.9. The number of amides is 1. The Hall–Kier alpha value is -2.72. The minimum absolute atomic E-state index is 0.121. The summed E-state index contributed by atoms with van der Waals surface area (Å²) in [7, 11) is -0.656. The second kappa shape index (κ2) is 12.9. The number of nitriles is 1. The fraction of sp³-hybridized carbons (Fsp3) is 0.462. The molecule has 2 aromatic carbocycles. The van der Waals surface area contributed by atoms with Gasteiger partial charge in [-0.15, -0.1) is 11.8 Å². The highest BCUT2D eigenvalue weighted by atomic mass is 32.2. The zero-order valence-corrected chi connectivity index (χ0v) is 23.2. The van der Waals surface area contributed by atoms with Crippen LogP contribution in [-0.4, -0.2) is 63.9 Å². The van der Waals surface area contributed by atoms with Crippen molar-refractivity contribution in [2.75, 3.05) is 38.3 Å². The molecule has 2 atom stereocenters. The fourth-order valence-electron chi connectivity index (χ4n) is 3.92. The monoisotopic (exact) mass is 566 g/mol. The van der Waals surface area contributed by atoms with Gasteiger partial charge in [0.2, 0.25) is 0 Å². The van der Waals surface area contributed by atoms with Crippen molar-refractivity contribution in [2.24, 2.45) is 0 Å². The van der Waals surface area contributed by atoms with Crippen molar-refractivity contribution in [3.8, 4) is 6.07 Å². The summed E-state index contributed by atoms with van der Waals surface area (Å²) in [5.41, 5.74) is -1.63. The van der Waals surface area contributed by atoms with Gasteiger partial charge in [-0.1, -0.05) is 0 Å². The first kappa shape index (κ1) is 29.8. The lowest BCUT2D eigenvalue weighted by Gasteiger charge is -2.32. The van der Waals surface area contributed by atoms with Crippen LogP contribution in [0.5, 0.6) is 0 Å². The summed E-state index contributed by atoms with van der Waals surface area (Å²) in [6.07, 6.45) is 2.45. The molecule has 12 heteroatoms. The highest BCUT2D eigenvalue weighted by molar-refractivity contribution is 7.99. The van der Waals surface area contributed by atoms with E-state index < -0.39 is 32.2 Å². The lowest BCUT2D eigenvalue weighted by Crippen LogP contribution is -2.50. The van der Waals surface area contributed by atoms with Crippen LogP contribution < -0.4 is 10.0 Å². The second-order valence-electron chi connectivity index (χ2n) is 9.61. The molecule has 0 radical (unpaired) electrons. The Bertz CT molecular complexity index is 1280. The van der Waals surface area contributed by atoms with E-state index in [4.69, 9.17) is 4.74 Å². The van der Waals surface area contributed by atoms with Gasteiger partial charge in [-0.3, -0.25) is 4.79 Å². The first-order valence-electron chi connectivity index (χ1n) is 12.2. The highest BCUT2D eigenvalue weighted by Gasteiger charge is 2.38. The van der Waals surface area contributed by atoms with Crippen LogP contribution >= 0.6 is 11.8 Å². The Morgan fingerprint density at radius 2 is 1.95 bits per heavy atom. The van der Waals surface area contributed by atoms with E-state index in [0.29, 0.717) is 38.2 Å². The lowest BCUT2D eigenvalue weighted by atomic mass is 9.95. The predicted octanol–water partition coefficient (Wildman–Crippen LogP) is 4.13. The van der Waals surface area contributed by atoms with E-state index in [2.05, 4.69) is 5.32 Å². The van der Waals surface area contributed by atoms with Gasteiger partial charge in [0.25, 0.3) is 15.9 Å². The van der Waals surface area contributed by atoms with Crippen LogP contribution in [0.1, 0.15) is 38.2 Å². The summed E-state index contributed by atoms with van der Waals surface area (Å²) in [4.78, 5) is 14.9. The number of anilines is 1. The maximum Gasteiger partial charge on any atom is 0.265 e. The Morgan fingerprint density at radius 3 is 2.55 bits per heavy atom. The molecule has 2 aromatic rings. The lowest BCUT2D eigenvalue weighted by molar-refractivity contribution is -0.148. The molecule has 1 aliphatic rings. The van der Waals surface area contributed by atoms with E-state index in [-0.39, 0.29) is 23.1 Å². The largest absolute Gasteiger partial charge is 0.378 e. The van der Waals surface area contributed by atoms with E-state index in [9.17, 15) is 22.9 Å². The molecule has 8 nitrogen and oxygen atoms in total. The van der Waals surface area contributed by atoms with E-state index in [1.807, 2.05) is 29.8 Å². The maximum atomic E-state index is 15.3. The molecular formula is C26H32F2N4O4S2. The summed E-state index contributed by atoms with van der Waals surface area (Å²) >= 11 is 1.45. The number of rotatable bonds is 11. The number of thioether (sulfide) groups is 1. The molecule has 1 amide bonds. The normalized spacial score (nSPS) is 18.6. The van der Waals surface area contributed by atoms with Gasteiger partial charge in [-0.25, -0.2) is 21.9 Å². The van der Waals surface area contributed by atoms with Gasteiger partial charge in [0.05, 0.1) is 16.1 Å². The zero-order chi connectivity index (χ0) is 27.9. The van der Waals surface area contributed by atoms with Crippen LogP contribution in [0, 0.1) is 23.0 Å². The maximum absolute atomic E-state index is 15.3. The van der Waals surface area contributed by atoms with Crippen molar-refractivity contribution < 1.29 is 26.7 Å². The summed E-state index contributed by atoms with van der Waals surface area (Å²) in [5.74, 6) is -1.62. The van der Waals surface area contributed by atoms with Gasteiger partial charge in [-0.05, 0) is 89.6 Å². The van der Waals surface area contributed by atoms with Crippen LogP contribution in [0.2, 0.25) is 0 Å². The molecule has 1 aliphatic heterocycles. The van der Waals surface area contributed by atoms with Crippen molar-refractivity contribution in [1.29, 1.82) is 5.26 Å². The number of ether oxygens (including phenoxy) is 1. The molecule has 1 heterocycles. The average Bonchev–Trinajstić information content (AvgIpc) is 2.87. The smallest absolute Gasteiger partial charge is 0.265 e. The van der Waals surface area contributed by atoms with Gasteiger partial charge in [-0.2, -0.15) is 5.26 Å². The molecule has 1 saturated heterocycles. The number of hydrogen-bond donors (Lipinski definition) is 2. The van der Waals surface area contributed by atoms with Crippen molar-refractivity contribution >= 4 is 33.4 Å². The van der Waals surface area contributed by atoms with Crippen LogP contribution in [-0.2, 0) is 19.6 Å². The van der Waals surface area contributed by atoms with Gasteiger partial charge in [0, 0.05) is 23.3 Å². The molecule has 0 bridgehead atoms. The van der Waals surface area contributed by atoms with Gasteiger partial charge in [0.15, 0.2) is 0 Å². The standard InChI is InChI=1S/C26H32F2N4O4S2/c1-26(11-4-5-13-36-26)25(33)31-38(34,35)22-14-18(16-29)24(23(28)15-22)30-20(10-12-32(2)3)17-37-21-8-6-19(27)7-9-21/h6-9,14-15,20,30H,4-5,10-13,17H2,1-3H3,(H,31,33)/t20-,26+/m1/s1. The molecule has 38 heavy (non-hydrogen) atoms. The first-order valence-corrected chi connectivity index (χ1v) is 14.6. The summed E-state index contributed by atoms with van der Waals surface area (Å²) in [6, 6.07) is 9.42. The fourth-order valence-corrected chi connectivity index (χ4v) is 6.00. The van der Waals surface area contributed by atoms with Crippen molar-refractivity contribution in [1.82, 2.24) is 9.62 Å². The molecule has 0 aliphatic carbocycles. The number of carbonyl (C=O) groups excluding carboxylic acids is 1. The van der Waals surface area contributed by atoms with Crippen LogP contribution in [0.25, 0.3) is 0 Å². The number of halogens is 2. The summed E-state index contributed by atoms with van der Waals surface area (Å²) < 4.78 is 61.8. The topological polar surface area (TPSA) is 112 Å². The predicted molar refractivity (Wildman–Crippen MR) is 142 cm³/mol. The van der Waals surface area contributed by atoms with E-state index in [1.54, 1.807) is 12.1 Å². The number of hydrogen-bond acceptors (Lipinski definition) is 8. The molecule has 0 unspecified atom stereocenters. The Kier molecular flexibility index (Phi) is 10.1. The minimum atomic E-state index is -4.46. The summed E-state index contributed by atoms with van der Waals surface area (Å²) in [5, 5.41) is 12.8. The third kappa shape index (κ3) is 7.89. The highest BCUT2D eigenvalue weighted by Crippen LogP contribution is 2.29. The molecular weight excluding hydrogens is 534 g/mol. The minimum Gasteiger partial charge on any atom is -0.378 e. The summed E-state index contributed by atoms with van der Waals surface area (Å²) in [6.45, 7) is 2.53. The molecule has 1 fully saturated rings. The van der Waals surface area contributed by atoms with E-state index >= 15 is 4.39 Å². The second-order valence-corrected chi connectivity index (χ2v) is 12.4. The van der Waals surface area contributed by atoms with Gasteiger partial charge >= 0.3 is 0 Å². The third-order valence-corrected chi connectivity index (χ3v) is 8.69. The number of nitrogens with one attached hydrogen (secondary N) is 2. The third-order valence-electron chi connectivity index (χ3n) is 6.21. The molecule has 206 valence electrons. The molecule has 0 saturated carbocycles. The van der Waals surface area contributed by atoms with Crippen molar-refractivity contribution in [2.45, 2.75) is 54.0 Å². The number of sulfonamides is 1. The number of carbonyl (C=O) groups is 1. The molecule has 0 spiro atoms. The van der Waals surface area contributed by atoms with E-state index in [0.717, 1.165) is 23.4 Å². The van der Waals surface area contributed by atoms with Crippen molar-refractivity contribution in [3.05, 3.63) is 53.6 Å². The number of benzene rings is 2. The quantitative estimate of drug-likeness (QED) is 0.391. The molecule has 3 rings (SSSR count). The molecule has 2 N–H and O–H groups in total.